The average Bonchev–Trinajstić information content (AvgIpc) is 2.96. The number of hydrazine groups is 1. The molecule has 1 aliphatic carbocycles. The first-order valence-electron chi connectivity index (χ1n) is 8.99. The van der Waals surface area contributed by atoms with Gasteiger partial charge in [0.2, 0.25) is 5.91 Å². The summed E-state index contributed by atoms with van der Waals surface area (Å²) in [5.74, 6) is -0.665. The van der Waals surface area contributed by atoms with Crippen LogP contribution < -0.4 is 21.9 Å². The van der Waals surface area contributed by atoms with E-state index >= 15 is 0 Å². The molecule has 0 saturated heterocycles. The van der Waals surface area contributed by atoms with Crippen LogP contribution in [-0.2, 0) is 14.3 Å². The molecule has 0 heterocycles. The Morgan fingerprint density at radius 1 is 1.04 bits per heavy atom. The smallest absolute Gasteiger partial charge is 0.408 e. The van der Waals surface area contributed by atoms with Crippen molar-refractivity contribution >= 4 is 17.9 Å². The molecule has 8 nitrogen and oxygen atoms in total. The minimum Gasteiger partial charge on any atom is -0.444 e. The maximum Gasteiger partial charge on any atom is 0.408 e. The SMILES string of the molecule is CC(C)(C)OC(=O)NC1(C(=O)NNC(=O)CCCCCN)CCCC1. The van der Waals surface area contributed by atoms with Crippen LogP contribution in [-0.4, -0.2) is 35.6 Å². The first-order valence-corrected chi connectivity index (χ1v) is 8.99. The summed E-state index contributed by atoms with van der Waals surface area (Å²) < 4.78 is 5.25. The summed E-state index contributed by atoms with van der Waals surface area (Å²) >= 11 is 0. The van der Waals surface area contributed by atoms with Gasteiger partial charge in [0.1, 0.15) is 11.1 Å². The van der Waals surface area contributed by atoms with Crippen LogP contribution in [0, 0.1) is 0 Å². The molecule has 1 fully saturated rings. The molecule has 1 aliphatic rings. The van der Waals surface area contributed by atoms with Crippen molar-refractivity contribution in [2.45, 2.75) is 83.3 Å². The largest absolute Gasteiger partial charge is 0.444 e. The second-order valence-corrected chi connectivity index (χ2v) is 7.52. The molecule has 5 N–H and O–H groups in total. The number of hydrogen-bond acceptors (Lipinski definition) is 5. The van der Waals surface area contributed by atoms with Crippen molar-refractivity contribution in [2.24, 2.45) is 5.73 Å². The van der Waals surface area contributed by atoms with E-state index in [1.807, 2.05) is 0 Å². The van der Waals surface area contributed by atoms with Gasteiger partial charge in [-0.15, -0.1) is 0 Å². The molecule has 1 rings (SSSR count). The number of unbranched alkanes of at least 4 members (excludes halogenated alkanes) is 2. The molecule has 0 aromatic carbocycles. The lowest BCUT2D eigenvalue weighted by molar-refractivity contribution is -0.133. The van der Waals surface area contributed by atoms with Crippen LogP contribution in [0.25, 0.3) is 0 Å². The number of nitrogens with two attached hydrogens (primary N) is 1. The van der Waals surface area contributed by atoms with Gasteiger partial charge in [-0.05, 0) is 53.0 Å². The summed E-state index contributed by atoms with van der Waals surface area (Å²) in [5.41, 5.74) is 8.59. The Kier molecular flexibility index (Phi) is 8.15. The molecule has 8 heteroatoms. The predicted octanol–water partition coefficient (Wildman–Crippen LogP) is 1.49. The molecule has 0 aromatic rings. The zero-order valence-corrected chi connectivity index (χ0v) is 15.6. The first kappa shape index (κ1) is 21.2. The van der Waals surface area contributed by atoms with Crippen LogP contribution >= 0.6 is 0 Å². The third-order valence-corrected chi connectivity index (χ3v) is 4.06. The van der Waals surface area contributed by atoms with E-state index in [0.29, 0.717) is 25.8 Å². The molecule has 3 amide bonds. The highest BCUT2D eigenvalue weighted by Crippen LogP contribution is 2.30. The fourth-order valence-electron chi connectivity index (χ4n) is 2.80. The third-order valence-electron chi connectivity index (χ3n) is 4.06. The molecule has 0 unspecified atom stereocenters. The number of alkyl carbamates (subject to hydrolysis) is 1. The normalized spacial score (nSPS) is 16.2. The summed E-state index contributed by atoms with van der Waals surface area (Å²) in [4.78, 5) is 36.4. The molecule has 0 radical (unpaired) electrons. The lowest BCUT2D eigenvalue weighted by atomic mass is 9.97. The highest BCUT2D eigenvalue weighted by molar-refractivity contribution is 5.91. The van der Waals surface area contributed by atoms with Crippen molar-refractivity contribution < 1.29 is 19.1 Å². The van der Waals surface area contributed by atoms with Gasteiger partial charge < -0.3 is 15.8 Å². The van der Waals surface area contributed by atoms with Gasteiger partial charge in [-0.25, -0.2) is 4.79 Å². The van der Waals surface area contributed by atoms with Gasteiger partial charge in [-0.2, -0.15) is 0 Å². The van der Waals surface area contributed by atoms with Crippen LogP contribution in [0.5, 0.6) is 0 Å². The summed E-state index contributed by atoms with van der Waals surface area (Å²) in [6, 6.07) is 0. The van der Waals surface area contributed by atoms with Crippen molar-refractivity contribution in [1.29, 1.82) is 0 Å². The van der Waals surface area contributed by atoms with E-state index in [-0.39, 0.29) is 5.91 Å². The van der Waals surface area contributed by atoms with Crippen LogP contribution in [0.3, 0.4) is 0 Å². The quantitative estimate of drug-likeness (QED) is 0.406. The molecule has 0 bridgehead atoms. The van der Waals surface area contributed by atoms with Gasteiger partial charge in [0.25, 0.3) is 5.91 Å². The maximum absolute atomic E-state index is 12.5. The Hall–Kier alpha value is -1.83. The van der Waals surface area contributed by atoms with Gasteiger partial charge in [0, 0.05) is 6.42 Å². The molecule has 1 saturated carbocycles. The predicted molar refractivity (Wildman–Crippen MR) is 94.4 cm³/mol. The van der Waals surface area contributed by atoms with Crippen molar-refractivity contribution in [3.63, 3.8) is 0 Å². The maximum atomic E-state index is 12.5. The average molecular weight is 356 g/mol. The summed E-state index contributed by atoms with van der Waals surface area (Å²) in [7, 11) is 0. The van der Waals surface area contributed by atoms with E-state index in [1.165, 1.54) is 0 Å². The highest BCUT2D eigenvalue weighted by Gasteiger charge is 2.43. The van der Waals surface area contributed by atoms with Gasteiger partial charge >= 0.3 is 6.09 Å². The molecule has 0 aliphatic heterocycles. The van der Waals surface area contributed by atoms with Crippen molar-refractivity contribution in [2.75, 3.05) is 6.54 Å². The van der Waals surface area contributed by atoms with Gasteiger partial charge in [-0.1, -0.05) is 19.3 Å². The van der Waals surface area contributed by atoms with Crippen molar-refractivity contribution in [3.05, 3.63) is 0 Å². The van der Waals surface area contributed by atoms with E-state index in [0.717, 1.165) is 32.1 Å². The van der Waals surface area contributed by atoms with Crippen molar-refractivity contribution in [3.8, 4) is 0 Å². The molecule has 25 heavy (non-hydrogen) atoms. The van der Waals surface area contributed by atoms with Crippen LogP contribution in [0.4, 0.5) is 4.79 Å². The Balaban J connectivity index is 2.50. The van der Waals surface area contributed by atoms with Gasteiger partial charge in [0.05, 0.1) is 0 Å². The minimum absolute atomic E-state index is 0.254. The van der Waals surface area contributed by atoms with Crippen LogP contribution in [0.15, 0.2) is 0 Å². The zero-order valence-electron chi connectivity index (χ0n) is 15.6. The summed E-state index contributed by atoms with van der Waals surface area (Å²) in [6.45, 7) is 5.90. The monoisotopic (exact) mass is 356 g/mol. The number of rotatable bonds is 7. The van der Waals surface area contributed by atoms with Gasteiger partial charge in [0.15, 0.2) is 0 Å². The Bertz CT molecular complexity index is 468. The van der Waals surface area contributed by atoms with Crippen LogP contribution in [0.2, 0.25) is 0 Å². The first-order chi connectivity index (χ1) is 11.7. The third kappa shape index (κ3) is 7.72. The summed E-state index contributed by atoms with van der Waals surface area (Å²) in [5, 5.41) is 2.69. The van der Waals surface area contributed by atoms with Crippen LogP contribution in [0.1, 0.15) is 72.1 Å². The number of ether oxygens (including phenoxy) is 1. The Labute approximate surface area is 149 Å². The number of hydrogen-bond donors (Lipinski definition) is 4. The standard InChI is InChI=1S/C17H32N4O4/c1-16(2,3)25-15(24)19-17(10-6-7-11-17)14(23)21-20-13(22)9-5-4-8-12-18/h4-12,18H2,1-3H3,(H,19,24)(H,20,22)(H,21,23). The van der Waals surface area contributed by atoms with Crippen molar-refractivity contribution in [1.82, 2.24) is 16.2 Å². The van der Waals surface area contributed by atoms with E-state index in [1.54, 1.807) is 20.8 Å². The molecule has 0 aromatic heterocycles. The number of nitrogens with one attached hydrogen (secondary N) is 3. The zero-order chi connectivity index (χ0) is 18.9. The molecule has 0 spiro atoms. The summed E-state index contributed by atoms with van der Waals surface area (Å²) in [6.07, 6.45) is 4.87. The van der Waals surface area contributed by atoms with E-state index in [4.69, 9.17) is 10.5 Å². The second kappa shape index (κ2) is 9.60. The second-order valence-electron chi connectivity index (χ2n) is 7.52. The number of amides is 3. The van der Waals surface area contributed by atoms with E-state index < -0.39 is 23.1 Å². The molecular weight excluding hydrogens is 324 g/mol. The Morgan fingerprint density at radius 3 is 2.24 bits per heavy atom. The fourth-order valence-corrected chi connectivity index (χ4v) is 2.80. The lowest BCUT2D eigenvalue weighted by Gasteiger charge is -2.30. The van der Waals surface area contributed by atoms with E-state index in [9.17, 15) is 14.4 Å². The minimum atomic E-state index is -1.03. The number of carbonyl (C=O) groups is 3. The molecule has 144 valence electrons. The number of carbonyl (C=O) groups excluding carboxylic acids is 3. The van der Waals surface area contributed by atoms with E-state index in [2.05, 4.69) is 16.2 Å². The Morgan fingerprint density at radius 2 is 1.68 bits per heavy atom. The fraction of sp³-hybridized carbons (Fsp3) is 0.824. The lowest BCUT2D eigenvalue weighted by Crippen LogP contribution is -2.60. The topological polar surface area (TPSA) is 123 Å². The highest BCUT2D eigenvalue weighted by atomic mass is 16.6. The molecule has 0 atom stereocenters. The van der Waals surface area contributed by atoms with Gasteiger partial charge in [-0.3, -0.25) is 20.4 Å². The molecular formula is C17H32N4O4.